The average molecular weight is 669 g/mol. The number of carbonyl (C=O) groups excluding carboxylic acids is 2. The number of methoxy groups -OCH3 is 1. The second kappa shape index (κ2) is 16.3. The fourth-order valence-electron chi connectivity index (χ4n) is 8.28. The first-order valence-corrected chi connectivity index (χ1v) is 18.8. The molecule has 0 unspecified atom stereocenters. The molecule has 264 valence electrons. The normalized spacial score (nSPS) is 23.2. The molecule has 8 nitrogen and oxygen atoms in total. The van der Waals surface area contributed by atoms with E-state index in [0.717, 1.165) is 106 Å². The Bertz CT molecular complexity index is 1540. The molecule has 0 atom stereocenters. The molecule has 0 saturated heterocycles. The molecule has 8 heteroatoms. The molecule has 3 aliphatic rings. The molecule has 3 saturated carbocycles. The number of hydrogen-bond donors (Lipinski definition) is 1. The Morgan fingerprint density at radius 1 is 0.918 bits per heavy atom. The average Bonchev–Trinajstić information content (AvgIpc) is 3.63. The van der Waals surface area contributed by atoms with E-state index in [2.05, 4.69) is 84.7 Å². The van der Waals surface area contributed by atoms with E-state index in [4.69, 9.17) is 9.47 Å². The highest BCUT2D eigenvalue weighted by molar-refractivity contribution is 5.95. The van der Waals surface area contributed by atoms with Gasteiger partial charge in [0.15, 0.2) is 0 Å². The number of amides is 2. The molecule has 2 amide bonds. The Morgan fingerprint density at radius 2 is 1.67 bits per heavy atom. The quantitative estimate of drug-likeness (QED) is 0.233. The lowest BCUT2D eigenvalue weighted by Crippen LogP contribution is -2.44. The van der Waals surface area contributed by atoms with Gasteiger partial charge in [0.25, 0.3) is 0 Å². The van der Waals surface area contributed by atoms with Crippen LogP contribution in [0.2, 0.25) is 0 Å². The Morgan fingerprint density at radius 3 is 2.35 bits per heavy atom. The number of nitrogens with one attached hydrogen (secondary N) is 1. The highest BCUT2D eigenvalue weighted by atomic mass is 16.6. The zero-order chi connectivity index (χ0) is 34.3. The van der Waals surface area contributed by atoms with E-state index in [1.54, 1.807) is 7.11 Å². The van der Waals surface area contributed by atoms with Gasteiger partial charge in [-0.25, -0.2) is 4.79 Å². The second-order valence-corrected chi connectivity index (χ2v) is 15.1. The van der Waals surface area contributed by atoms with Gasteiger partial charge < -0.3 is 19.7 Å². The molecule has 3 fully saturated rings. The van der Waals surface area contributed by atoms with Crippen LogP contribution in [0.3, 0.4) is 0 Å². The van der Waals surface area contributed by atoms with Crippen molar-refractivity contribution in [3.63, 3.8) is 0 Å². The van der Waals surface area contributed by atoms with Crippen molar-refractivity contribution in [3.05, 3.63) is 66.0 Å². The van der Waals surface area contributed by atoms with Crippen LogP contribution >= 0.6 is 0 Å². The second-order valence-electron chi connectivity index (χ2n) is 15.1. The maximum atomic E-state index is 14.5. The van der Waals surface area contributed by atoms with Crippen molar-refractivity contribution in [2.75, 3.05) is 18.6 Å². The summed E-state index contributed by atoms with van der Waals surface area (Å²) in [4.78, 5) is 29.2. The summed E-state index contributed by atoms with van der Waals surface area (Å²) in [6.07, 6.45) is 16.8. The molecular formula is C41H56N4O4. The maximum absolute atomic E-state index is 14.5. The molecule has 1 heterocycles. The number of ether oxygens (including phenoxy) is 2. The molecule has 49 heavy (non-hydrogen) atoms. The molecule has 2 aromatic carbocycles. The van der Waals surface area contributed by atoms with E-state index in [-0.39, 0.29) is 36.1 Å². The zero-order valence-corrected chi connectivity index (χ0v) is 30.0. The molecule has 3 aromatic rings. The van der Waals surface area contributed by atoms with Crippen molar-refractivity contribution in [1.29, 1.82) is 0 Å². The fourth-order valence-corrected chi connectivity index (χ4v) is 8.28. The molecule has 0 radical (unpaired) electrons. The lowest BCUT2D eigenvalue weighted by Gasteiger charge is -2.36. The molecule has 6 rings (SSSR count). The van der Waals surface area contributed by atoms with Gasteiger partial charge in [-0.3, -0.25) is 9.48 Å². The number of anilines is 1. The first-order chi connectivity index (χ1) is 23.8. The smallest absolute Gasteiger partial charge is 0.407 e. The minimum atomic E-state index is -0.290. The monoisotopic (exact) mass is 668 g/mol. The van der Waals surface area contributed by atoms with Crippen LogP contribution in [-0.2, 0) is 9.53 Å². The Balaban J connectivity index is 1.13. The molecule has 1 aromatic heterocycles. The number of rotatable bonds is 10. The molecule has 1 N–H and O–H groups in total. The van der Waals surface area contributed by atoms with Crippen LogP contribution in [0.4, 0.5) is 10.5 Å². The Hall–Kier alpha value is -3.81. The van der Waals surface area contributed by atoms with Crippen molar-refractivity contribution in [3.8, 4) is 16.9 Å². The van der Waals surface area contributed by atoms with Gasteiger partial charge in [-0.05, 0) is 145 Å². The number of hydrogen-bond acceptors (Lipinski definition) is 5. The van der Waals surface area contributed by atoms with Gasteiger partial charge >= 0.3 is 6.09 Å². The third-order valence-corrected chi connectivity index (χ3v) is 11.3. The van der Waals surface area contributed by atoms with Gasteiger partial charge in [0.05, 0.1) is 13.3 Å². The summed E-state index contributed by atoms with van der Waals surface area (Å²) in [5, 5.41) is 7.68. The lowest BCUT2D eigenvalue weighted by molar-refractivity contribution is -0.123. The first-order valence-electron chi connectivity index (χ1n) is 18.8. The molecule has 3 aliphatic carbocycles. The van der Waals surface area contributed by atoms with Gasteiger partial charge in [-0.15, -0.1) is 0 Å². The van der Waals surface area contributed by atoms with Gasteiger partial charge in [0.2, 0.25) is 5.91 Å². The van der Waals surface area contributed by atoms with Crippen LogP contribution in [0.5, 0.6) is 5.75 Å². The molecule has 0 aliphatic heterocycles. The van der Waals surface area contributed by atoms with E-state index in [0.29, 0.717) is 11.8 Å². The van der Waals surface area contributed by atoms with Crippen molar-refractivity contribution in [2.24, 2.45) is 11.8 Å². The summed E-state index contributed by atoms with van der Waals surface area (Å²) in [6.45, 7) is 7.10. The van der Waals surface area contributed by atoms with Crippen molar-refractivity contribution < 1.29 is 19.1 Å². The third-order valence-electron chi connectivity index (χ3n) is 11.3. The number of aromatic nitrogens is 2. The van der Waals surface area contributed by atoms with Gasteiger partial charge in [0, 0.05) is 42.0 Å². The van der Waals surface area contributed by atoms with Crippen LogP contribution in [0.25, 0.3) is 11.1 Å². The van der Waals surface area contributed by atoms with Crippen molar-refractivity contribution in [2.45, 2.75) is 128 Å². The Labute approximate surface area is 292 Å². The number of nitrogens with zero attached hydrogens (tertiary/aromatic N) is 3. The van der Waals surface area contributed by atoms with E-state index in [1.807, 2.05) is 10.9 Å². The number of carbonyl (C=O) groups is 2. The minimum Gasteiger partial charge on any atom is -0.496 e. The fraction of sp³-hybridized carbons (Fsp3) is 0.585. The van der Waals surface area contributed by atoms with E-state index < -0.39 is 0 Å². The number of benzene rings is 2. The first kappa shape index (κ1) is 35.0. The number of alkyl carbamates (subject to hydrolysis) is 1. The van der Waals surface area contributed by atoms with Gasteiger partial charge in [-0.1, -0.05) is 30.7 Å². The van der Waals surface area contributed by atoms with Crippen LogP contribution in [0.15, 0.2) is 54.9 Å². The van der Waals surface area contributed by atoms with E-state index in [9.17, 15) is 9.59 Å². The lowest BCUT2D eigenvalue weighted by atomic mass is 9.78. The SMILES string of the molecule is COc1ccc(C2CCC(CN(C(=O)C3CCC(NC(=O)OC4CCCCC4)CC3)c3cccc(-c4cnn(C(C)C)c4)c3)CC2)cc1C. The summed E-state index contributed by atoms with van der Waals surface area (Å²) in [7, 11) is 1.73. The topological polar surface area (TPSA) is 85.7 Å². The van der Waals surface area contributed by atoms with Crippen LogP contribution < -0.4 is 15.0 Å². The van der Waals surface area contributed by atoms with Crippen LogP contribution in [0, 0.1) is 18.8 Å². The standard InChI is InChI=1S/C41H56N4O4/c1-28(2)45-27-35(25-42-45)33-9-8-10-37(24-33)44(26-30-13-15-31(16-14-30)34-19-22-39(48-4)29(3)23-34)40(46)32-17-20-36(21-18-32)43-41(47)49-38-11-6-5-7-12-38/h8-10,19,22-25,27-28,30-32,36,38H,5-7,11-18,20-21,26H2,1-4H3,(H,43,47). The van der Waals surface area contributed by atoms with Crippen molar-refractivity contribution in [1.82, 2.24) is 15.1 Å². The van der Waals surface area contributed by atoms with Crippen LogP contribution in [0.1, 0.15) is 120 Å². The summed E-state index contributed by atoms with van der Waals surface area (Å²) < 4.78 is 13.2. The van der Waals surface area contributed by atoms with E-state index >= 15 is 0 Å². The van der Waals surface area contributed by atoms with Crippen LogP contribution in [-0.4, -0.2) is 47.6 Å². The van der Waals surface area contributed by atoms with Gasteiger partial charge in [0.1, 0.15) is 11.9 Å². The largest absolute Gasteiger partial charge is 0.496 e. The van der Waals surface area contributed by atoms with Gasteiger partial charge in [-0.2, -0.15) is 5.10 Å². The maximum Gasteiger partial charge on any atom is 0.407 e. The van der Waals surface area contributed by atoms with E-state index in [1.165, 1.54) is 17.5 Å². The predicted octanol–water partition coefficient (Wildman–Crippen LogP) is 9.37. The summed E-state index contributed by atoms with van der Waals surface area (Å²) in [5.74, 6) is 2.08. The molecule has 0 spiro atoms. The summed E-state index contributed by atoms with van der Waals surface area (Å²) in [5.41, 5.74) is 5.68. The Kier molecular flexibility index (Phi) is 11.6. The summed E-state index contributed by atoms with van der Waals surface area (Å²) in [6, 6.07) is 15.4. The predicted molar refractivity (Wildman–Crippen MR) is 195 cm³/mol. The minimum absolute atomic E-state index is 0.0473. The third kappa shape index (κ3) is 8.87. The highest BCUT2D eigenvalue weighted by Crippen LogP contribution is 2.39. The summed E-state index contributed by atoms with van der Waals surface area (Å²) >= 11 is 0. The number of aryl methyl sites for hydroxylation is 1. The molecule has 0 bridgehead atoms. The highest BCUT2D eigenvalue weighted by Gasteiger charge is 2.34. The zero-order valence-electron chi connectivity index (χ0n) is 30.0. The van der Waals surface area contributed by atoms with Crippen molar-refractivity contribution >= 4 is 17.7 Å². The molecular weight excluding hydrogens is 612 g/mol.